The van der Waals surface area contributed by atoms with Crippen molar-refractivity contribution < 1.29 is 9.59 Å². The molecule has 1 aliphatic heterocycles. The zero-order valence-electron chi connectivity index (χ0n) is 13.5. The fourth-order valence-electron chi connectivity index (χ4n) is 2.75. The Bertz CT molecular complexity index is 548. The van der Waals surface area contributed by atoms with Crippen LogP contribution >= 0.6 is 23.4 Å². The van der Waals surface area contributed by atoms with E-state index in [-0.39, 0.29) is 23.8 Å². The lowest BCUT2D eigenvalue weighted by Gasteiger charge is -2.29. The van der Waals surface area contributed by atoms with Crippen molar-refractivity contribution >= 4 is 35.2 Å². The van der Waals surface area contributed by atoms with Crippen molar-refractivity contribution in [1.29, 1.82) is 0 Å². The van der Waals surface area contributed by atoms with E-state index in [0.29, 0.717) is 19.5 Å². The van der Waals surface area contributed by atoms with Crippen molar-refractivity contribution in [3.05, 3.63) is 29.3 Å². The van der Waals surface area contributed by atoms with E-state index in [4.69, 9.17) is 11.6 Å². The molecule has 1 N–H and O–H groups in total. The number of carbonyl (C=O) groups excluding carboxylic acids is 2. The highest BCUT2D eigenvalue weighted by atomic mass is 35.5. The molecule has 1 atom stereocenters. The van der Waals surface area contributed by atoms with Gasteiger partial charge in [-0.15, -0.1) is 11.8 Å². The van der Waals surface area contributed by atoms with Gasteiger partial charge in [-0.05, 0) is 36.6 Å². The SMILES string of the molecule is CC(C)C(C(=O)NCCSc1ccc(Cl)cc1)N1CCCC1=O. The van der Waals surface area contributed by atoms with Gasteiger partial charge in [-0.3, -0.25) is 9.59 Å². The lowest BCUT2D eigenvalue weighted by atomic mass is 10.0. The minimum Gasteiger partial charge on any atom is -0.353 e. The Balaban J connectivity index is 1.80. The number of nitrogens with zero attached hydrogens (tertiary/aromatic N) is 1. The Labute approximate surface area is 146 Å². The van der Waals surface area contributed by atoms with E-state index < -0.39 is 0 Å². The maximum absolute atomic E-state index is 12.4. The van der Waals surface area contributed by atoms with Crippen molar-refractivity contribution in [3.8, 4) is 0 Å². The molecule has 0 saturated carbocycles. The molecule has 1 aliphatic rings. The molecule has 2 amide bonds. The molecule has 1 aromatic rings. The summed E-state index contributed by atoms with van der Waals surface area (Å²) in [7, 11) is 0. The predicted molar refractivity (Wildman–Crippen MR) is 94.8 cm³/mol. The number of halogens is 1. The molecule has 1 fully saturated rings. The van der Waals surface area contributed by atoms with Crippen LogP contribution in [0.2, 0.25) is 5.02 Å². The molecule has 6 heteroatoms. The second kappa shape index (κ2) is 8.60. The third-order valence-corrected chi connectivity index (χ3v) is 5.10. The first-order chi connectivity index (χ1) is 11.0. The smallest absolute Gasteiger partial charge is 0.243 e. The summed E-state index contributed by atoms with van der Waals surface area (Å²) in [5.74, 6) is 0.939. The highest BCUT2D eigenvalue weighted by Crippen LogP contribution is 2.21. The molecular weight excluding hydrogens is 332 g/mol. The van der Waals surface area contributed by atoms with Crippen LogP contribution in [0.5, 0.6) is 0 Å². The number of benzene rings is 1. The van der Waals surface area contributed by atoms with Crippen LogP contribution in [-0.4, -0.2) is 41.6 Å². The van der Waals surface area contributed by atoms with E-state index in [1.807, 2.05) is 38.1 Å². The van der Waals surface area contributed by atoms with Gasteiger partial charge in [0, 0.05) is 35.2 Å². The average molecular weight is 355 g/mol. The van der Waals surface area contributed by atoms with E-state index >= 15 is 0 Å². The van der Waals surface area contributed by atoms with Gasteiger partial charge in [-0.25, -0.2) is 0 Å². The summed E-state index contributed by atoms with van der Waals surface area (Å²) in [6.45, 7) is 5.24. The Morgan fingerprint density at radius 1 is 1.35 bits per heavy atom. The fraction of sp³-hybridized carbons (Fsp3) is 0.529. The summed E-state index contributed by atoms with van der Waals surface area (Å²) in [5.41, 5.74) is 0. The normalized spacial score (nSPS) is 16.0. The van der Waals surface area contributed by atoms with Crippen molar-refractivity contribution in [3.63, 3.8) is 0 Å². The maximum Gasteiger partial charge on any atom is 0.243 e. The second-order valence-electron chi connectivity index (χ2n) is 5.97. The lowest BCUT2D eigenvalue weighted by molar-refractivity contribution is -0.139. The van der Waals surface area contributed by atoms with E-state index in [1.165, 1.54) is 0 Å². The number of likely N-dealkylation sites (tertiary alicyclic amines) is 1. The Hall–Kier alpha value is -1.20. The van der Waals surface area contributed by atoms with Gasteiger partial charge in [0.05, 0.1) is 0 Å². The highest BCUT2D eigenvalue weighted by Gasteiger charge is 2.34. The van der Waals surface area contributed by atoms with Gasteiger partial charge in [0.25, 0.3) is 0 Å². The standard InChI is InChI=1S/C17H23ClN2O2S/c1-12(2)16(20-10-3-4-15(20)21)17(22)19-9-11-23-14-7-5-13(18)6-8-14/h5-8,12,16H,3-4,9-11H2,1-2H3,(H,19,22). The molecule has 1 heterocycles. The third kappa shape index (κ3) is 5.15. The Morgan fingerprint density at radius 3 is 2.61 bits per heavy atom. The predicted octanol–water partition coefficient (Wildman–Crippen LogP) is 3.20. The van der Waals surface area contributed by atoms with Gasteiger partial charge in [-0.1, -0.05) is 25.4 Å². The van der Waals surface area contributed by atoms with Crippen molar-refractivity contribution in [2.24, 2.45) is 5.92 Å². The van der Waals surface area contributed by atoms with E-state index in [9.17, 15) is 9.59 Å². The fourth-order valence-corrected chi connectivity index (χ4v) is 3.64. The number of rotatable bonds is 7. The topological polar surface area (TPSA) is 49.4 Å². The number of amides is 2. The lowest BCUT2D eigenvalue weighted by Crippen LogP contribution is -2.50. The van der Waals surface area contributed by atoms with Crippen LogP contribution in [0.3, 0.4) is 0 Å². The number of carbonyl (C=O) groups is 2. The maximum atomic E-state index is 12.4. The molecule has 1 aromatic carbocycles. The summed E-state index contributed by atoms with van der Waals surface area (Å²) in [6.07, 6.45) is 1.41. The molecule has 4 nitrogen and oxygen atoms in total. The minimum atomic E-state index is -0.356. The molecule has 0 radical (unpaired) electrons. The quantitative estimate of drug-likeness (QED) is 0.604. The summed E-state index contributed by atoms with van der Waals surface area (Å²) in [6, 6.07) is 7.29. The van der Waals surface area contributed by atoms with Crippen molar-refractivity contribution in [1.82, 2.24) is 10.2 Å². The zero-order valence-corrected chi connectivity index (χ0v) is 15.1. The van der Waals surface area contributed by atoms with Crippen LogP contribution in [0.4, 0.5) is 0 Å². The van der Waals surface area contributed by atoms with Gasteiger partial charge in [-0.2, -0.15) is 0 Å². The highest BCUT2D eigenvalue weighted by molar-refractivity contribution is 7.99. The van der Waals surface area contributed by atoms with Gasteiger partial charge in [0.2, 0.25) is 11.8 Å². The average Bonchev–Trinajstić information content (AvgIpc) is 2.91. The monoisotopic (exact) mass is 354 g/mol. The molecule has 0 bridgehead atoms. The molecule has 23 heavy (non-hydrogen) atoms. The minimum absolute atomic E-state index is 0.0491. The van der Waals surface area contributed by atoms with Crippen LogP contribution in [0.15, 0.2) is 29.2 Å². The van der Waals surface area contributed by atoms with Gasteiger partial charge in [0.15, 0.2) is 0 Å². The zero-order chi connectivity index (χ0) is 16.8. The molecular formula is C17H23ClN2O2S. The Morgan fingerprint density at radius 2 is 2.04 bits per heavy atom. The molecule has 2 rings (SSSR count). The molecule has 1 unspecified atom stereocenters. The molecule has 1 saturated heterocycles. The summed E-state index contributed by atoms with van der Waals surface area (Å²) < 4.78 is 0. The van der Waals surface area contributed by atoms with Crippen LogP contribution in [0.25, 0.3) is 0 Å². The summed E-state index contributed by atoms with van der Waals surface area (Å²) in [4.78, 5) is 27.2. The number of hydrogen-bond donors (Lipinski definition) is 1. The Kier molecular flexibility index (Phi) is 6.78. The van der Waals surface area contributed by atoms with Gasteiger partial charge < -0.3 is 10.2 Å². The van der Waals surface area contributed by atoms with E-state index in [1.54, 1.807) is 16.7 Å². The first-order valence-electron chi connectivity index (χ1n) is 7.94. The van der Waals surface area contributed by atoms with E-state index in [2.05, 4.69) is 5.32 Å². The molecule has 0 aliphatic carbocycles. The second-order valence-corrected chi connectivity index (χ2v) is 7.58. The molecule has 0 aromatic heterocycles. The van der Waals surface area contributed by atoms with Crippen LogP contribution in [-0.2, 0) is 9.59 Å². The third-order valence-electron chi connectivity index (χ3n) is 3.83. The number of hydrogen-bond acceptors (Lipinski definition) is 3. The largest absolute Gasteiger partial charge is 0.353 e. The van der Waals surface area contributed by atoms with Gasteiger partial charge in [0.1, 0.15) is 6.04 Å². The first kappa shape index (κ1) is 18.1. The van der Waals surface area contributed by atoms with Crippen LogP contribution in [0.1, 0.15) is 26.7 Å². The first-order valence-corrected chi connectivity index (χ1v) is 9.31. The molecule has 126 valence electrons. The van der Waals surface area contributed by atoms with Crippen molar-refractivity contribution in [2.45, 2.75) is 37.6 Å². The number of thioether (sulfide) groups is 1. The summed E-state index contributed by atoms with van der Waals surface area (Å²) in [5, 5.41) is 3.68. The summed E-state index contributed by atoms with van der Waals surface area (Å²) >= 11 is 7.52. The van der Waals surface area contributed by atoms with Crippen LogP contribution in [0, 0.1) is 5.92 Å². The van der Waals surface area contributed by atoms with Crippen molar-refractivity contribution in [2.75, 3.05) is 18.8 Å². The molecule has 0 spiro atoms. The van der Waals surface area contributed by atoms with Crippen LogP contribution < -0.4 is 5.32 Å². The van der Waals surface area contributed by atoms with Gasteiger partial charge >= 0.3 is 0 Å². The number of nitrogens with one attached hydrogen (secondary N) is 1. The van der Waals surface area contributed by atoms with E-state index in [0.717, 1.165) is 22.1 Å².